The molecule has 18 heavy (non-hydrogen) atoms. The lowest BCUT2D eigenvalue weighted by Crippen LogP contribution is -2.36. The van der Waals surface area contributed by atoms with Crippen LogP contribution in [0, 0.1) is 6.92 Å². The van der Waals surface area contributed by atoms with E-state index in [-0.39, 0.29) is 17.9 Å². The summed E-state index contributed by atoms with van der Waals surface area (Å²) in [6.07, 6.45) is 0.170. The van der Waals surface area contributed by atoms with Gasteiger partial charge in [0.05, 0.1) is 5.56 Å². The Balaban J connectivity index is 2.83. The number of amides is 1. The van der Waals surface area contributed by atoms with Crippen LogP contribution in [0.25, 0.3) is 0 Å². The lowest BCUT2D eigenvalue weighted by Gasteiger charge is -2.17. The Bertz CT molecular complexity index is 476. The molecule has 0 saturated carbocycles. The lowest BCUT2D eigenvalue weighted by atomic mass is 10.0. The number of nitrogens with two attached hydrogens (primary N) is 1. The summed E-state index contributed by atoms with van der Waals surface area (Å²) in [5.74, 6) is -1.24. The maximum Gasteiger partial charge on any atom is 0.336 e. The number of benzene rings is 1. The van der Waals surface area contributed by atoms with Crippen LogP contribution in [0.2, 0.25) is 0 Å². The number of aryl methyl sites for hydroxylation is 1. The first kappa shape index (κ1) is 14.2. The summed E-state index contributed by atoms with van der Waals surface area (Å²) >= 11 is 0. The van der Waals surface area contributed by atoms with Crippen LogP contribution in [-0.2, 0) is 4.79 Å². The van der Waals surface area contributed by atoms with E-state index in [0.717, 1.165) is 0 Å². The monoisotopic (exact) mass is 250 g/mol. The molecule has 0 aromatic heterocycles. The van der Waals surface area contributed by atoms with Gasteiger partial charge in [0, 0.05) is 17.6 Å². The molecule has 0 unspecified atom stereocenters. The predicted molar refractivity (Wildman–Crippen MR) is 69.7 cm³/mol. The summed E-state index contributed by atoms with van der Waals surface area (Å²) in [6.45, 7) is 5.22. The molecule has 1 rings (SSSR count). The zero-order valence-electron chi connectivity index (χ0n) is 10.8. The lowest BCUT2D eigenvalue weighted by molar-refractivity contribution is -0.117. The minimum atomic E-state index is -1.01. The van der Waals surface area contributed by atoms with Gasteiger partial charge in [0.2, 0.25) is 5.91 Å². The van der Waals surface area contributed by atoms with Gasteiger partial charge in [-0.15, -0.1) is 0 Å². The summed E-state index contributed by atoms with van der Waals surface area (Å²) in [4.78, 5) is 22.6. The highest BCUT2D eigenvalue weighted by Gasteiger charge is 2.17. The highest BCUT2D eigenvalue weighted by Crippen LogP contribution is 2.16. The molecule has 0 fully saturated rings. The Kier molecular flexibility index (Phi) is 4.08. The van der Waals surface area contributed by atoms with Crippen molar-refractivity contribution in [2.45, 2.75) is 32.7 Å². The number of carboxylic acid groups (broad SMARTS) is 1. The van der Waals surface area contributed by atoms with Crippen molar-refractivity contribution in [3.8, 4) is 0 Å². The van der Waals surface area contributed by atoms with Gasteiger partial charge in [0.1, 0.15) is 0 Å². The minimum Gasteiger partial charge on any atom is -0.478 e. The predicted octanol–water partition coefficient (Wildman–Crippen LogP) is 1.76. The minimum absolute atomic E-state index is 0.170. The molecule has 1 amide bonds. The molecule has 1 aromatic carbocycles. The summed E-state index contributed by atoms with van der Waals surface area (Å²) < 4.78 is 0. The van der Waals surface area contributed by atoms with Crippen molar-refractivity contribution in [3.05, 3.63) is 29.3 Å². The van der Waals surface area contributed by atoms with E-state index in [0.29, 0.717) is 11.3 Å². The Morgan fingerprint density at radius 3 is 2.50 bits per heavy atom. The molecule has 0 spiro atoms. The zero-order chi connectivity index (χ0) is 13.9. The van der Waals surface area contributed by atoms with Crippen molar-refractivity contribution >= 4 is 17.6 Å². The van der Waals surface area contributed by atoms with Crippen molar-refractivity contribution in [3.63, 3.8) is 0 Å². The topological polar surface area (TPSA) is 92.4 Å². The van der Waals surface area contributed by atoms with Gasteiger partial charge in [-0.2, -0.15) is 0 Å². The maximum atomic E-state index is 11.7. The number of hydrogen-bond acceptors (Lipinski definition) is 3. The van der Waals surface area contributed by atoms with Gasteiger partial charge in [-0.1, -0.05) is 6.07 Å². The molecule has 0 aliphatic heterocycles. The van der Waals surface area contributed by atoms with Gasteiger partial charge in [0.25, 0.3) is 0 Å². The average molecular weight is 250 g/mol. The first-order valence-corrected chi connectivity index (χ1v) is 5.62. The molecular weight excluding hydrogens is 232 g/mol. The van der Waals surface area contributed by atoms with Crippen LogP contribution >= 0.6 is 0 Å². The van der Waals surface area contributed by atoms with Crippen molar-refractivity contribution in [1.29, 1.82) is 0 Å². The molecular formula is C13H18N2O3. The van der Waals surface area contributed by atoms with E-state index < -0.39 is 11.5 Å². The number of carbonyl (C=O) groups excluding carboxylic acids is 1. The number of hydrogen-bond donors (Lipinski definition) is 3. The number of carboxylic acids is 1. The van der Waals surface area contributed by atoms with Crippen molar-refractivity contribution in [2.75, 3.05) is 5.32 Å². The highest BCUT2D eigenvalue weighted by molar-refractivity contribution is 5.95. The number of carbonyl (C=O) groups is 2. The van der Waals surface area contributed by atoms with Gasteiger partial charge in [0.15, 0.2) is 0 Å². The third-order valence-electron chi connectivity index (χ3n) is 2.37. The Labute approximate surface area is 106 Å². The van der Waals surface area contributed by atoms with Crippen LogP contribution in [-0.4, -0.2) is 22.5 Å². The second kappa shape index (κ2) is 5.18. The Morgan fingerprint density at radius 1 is 1.39 bits per heavy atom. The summed E-state index contributed by atoms with van der Waals surface area (Å²) in [7, 11) is 0. The molecule has 5 nitrogen and oxygen atoms in total. The van der Waals surface area contributed by atoms with Gasteiger partial charge >= 0.3 is 5.97 Å². The summed E-state index contributed by atoms with van der Waals surface area (Å²) in [6, 6.07) is 4.77. The molecule has 5 heteroatoms. The Hall–Kier alpha value is -1.88. The second-order valence-corrected chi connectivity index (χ2v) is 5.05. The van der Waals surface area contributed by atoms with Gasteiger partial charge in [-0.3, -0.25) is 4.79 Å². The first-order valence-electron chi connectivity index (χ1n) is 5.62. The maximum absolute atomic E-state index is 11.7. The van der Waals surface area contributed by atoms with E-state index in [1.54, 1.807) is 32.9 Å². The molecule has 0 atom stereocenters. The van der Waals surface area contributed by atoms with E-state index >= 15 is 0 Å². The molecule has 0 bridgehead atoms. The number of aromatic carboxylic acids is 1. The average Bonchev–Trinajstić information content (AvgIpc) is 2.17. The molecule has 1 aromatic rings. The van der Waals surface area contributed by atoms with Crippen molar-refractivity contribution in [1.82, 2.24) is 0 Å². The largest absolute Gasteiger partial charge is 0.478 e. The normalized spacial score (nSPS) is 11.1. The fourth-order valence-corrected chi connectivity index (χ4v) is 1.55. The molecule has 0 saturated heterocycles. The summed E-state index contributed by atoms with van der Waals surface area (Å²) in [5, 5.41) is 11.6. The number of rotatable bonds is 4. The van der Waals surface area contributed by atoms with Crippen LogP contribution < -0.4 is 11.1 Å². The SMILES string of the molecule is Cc1ccc(NC(=O)CC(C)(C)N)cc1C(=O)O. The molecule has 4 N–H and O–H groups in total. The number of anilines is 1. The molecule has 98 valence electrons. The van der Waals surface area contributed by atoms with Gasteiger partial charge in [-0.25, -0.2) is 4.79 Å². The van der Waals surface area contributed by atoms with Crippen molar-refractivity contribution in [2.24, 2.45) is 5.73 Å². The third-order valence-corrected chi connectivity index (χ3v) is 2.37. The quantitative estimate of drug-likeness (QED) is 0.759. The van der Waals surface area contributed by atoms with E-state index in [4.69, 9.17) is 10.8 Å². The smallest absolute Gasteiger partial charge is 0.336 e. The van der Waals surface area contributed by atoms with Crippen molar-refractivity contribution < 1.29 is 14.7 Å². The van der Waals surface area contributed by atoms with Gasteiger partial charge < -0.3 is 16.2 Å². The summed E-state index contributed by atoms with van der Waals surface area (Å²) in [5.41, 5.74) is 6.44. The van der Waals surface area contributed by atoms with E-state index in [9.17, 15) is 9.59 Å². The van der Waals surface area contributed by atoms with Crippen LogP contribution in [0.5, 0.6) is 0 Å². The van der Waals surface area contributed by atoms with E-state index in [2.05, 4.69) is 5.32 Å². The molecule has 0 heterocycles. The zero-order valence-corrected chi connectivity index (χ0v) is 10.8. The number of nitrogens with one attached hydrogen (secondary N) is 1. The fourth-order valence-electron chi connectivity index (χ4n) is 1.55. The third kappa shape index (κ3) is 4.18. The highest BCUT2D eigenvalue weighted by atomic mass is 16.4. The fraction of sp³-hybridized carbons (Fsp3) is 0.385. The second-order valence-electron chi connectivity index (χ2n) is 5.05. The Morgan fingerprint density at radius 2 is 2.00 bits per heavy atom. The van der Waals surface area contributed by atoms with Crippen LogP contribution in [0.4, 0.5) is 5.69 Å². The first-order chi connectivity index (χ1) is 8.19. The van der Waals surface area contributed by atoms with Crippen LogP contribution in [0.15, 0.2) is 18.2 Å². The molecule has 0 aliphatic carbocycles. The molecule has 0 aliphatic rings. The van der Waals surface area contributed by atoms with Crippen LogP contribution in [0.3, 0.4) is 0 Å². The molecule has 0 radical (unpaired) electrons. The van der Waals surface area contributed by atoms with Gasteiger partial charge in [-0.05, 0) is 38.5 Å². The van der Waals surface area contributed by atoms with E-state index in [1.165, 1.54) is 6.07 Å². The van der Waals surface area contributed by atoms with E-state index in [1.807, 2.05) is 0 Å². The standard InChI is InChI=1S/C13H18N2O3/c1-8-4-5-9(6-10(8)12(17)18)15-11(16)7-13(2,3)14/h4-6H,7,14H2,1-3H3,(H,15,16)(H,17,18). The van der Waals surface area contributed by atoms with Crippen LogP contribution in [0.1, 0.15) is 36.2 Å².